The number of ether oxygens (including phenoxy) is 2. The van der Waals surface area contributed by atoms with Crippen molar-refractivity contribution in [2.24, 2.45) is 0 Å². The summed E-state index contributed by atoms with van der Waals surface area (Å²) in [5.41, 5.74) is 4.12. The number of nitrogens with one attached hydrogen (secondary N) is 1. The number of hydrogen-bond donors (Lipinski definition) is 1. The van der Waals surface area contributed by atoms with Crippen molar-refractivity contribution in [2.45, 2.75) is 98.3 Å². The van der Waals surface area contributed by atoms with E-state index in [1.807, 2.05) is 90.9 Å². The largest absolute Gasteiger partial charge is 0.461 e. The highest BCUT2D eigenvalue weighted by Gasteiger charge is 2.38. The van der Waals surface area contributed by atoms with E-state index >= 15 is 4.39 Å². The summed E-state index contributed by atoms with van der Waals surface area (Å²) in [7, 11) is 0. The maximum Gasteiger partial charge on any atom is 0.340 e. The smallest absolute Gasteiger partial charge is 0.340 e. The third-order valence-electron chi connectivity index (χ3n) is 7.73. The molecule has 1 aliphatic rings. The summed E-state index contributed by atoms with van der Waals surface area (Å²) in [6.07, 6.45) is -0.666. The minimum absolute atomic E-state index is 0.173. The zero-order chi connectivity index (χ0) is 32.2. The number of aromatic nitrogens is 1. The normalized spacial score (nSPS) is 15.6. The average Bonchev–Trinajstić information content (AvgIpc) is 2.94. The van der Waals surface area contributed by atoms with Crippen LogP contribution in [0.3, 0.4) is 0 Å². The SMILES string of the molecule is Cc1nc(C)c(C(OC(C)(C)C)C(=O)OC(C)C)c(N2CCC(C)(F)CC2)c1-c1ccc(C(=O)NCc2ccccc2)cc1. The predicted molar refractivity (Wildman–Crippen MR) is 173 cm³/mol. The van der Waals surface area contributed by atoms with Crippen LogP contribution in [0.1, 0.15) is 93.4 Å². The molecule has 1 N–H and O–H groups in total. The number of rotatable bonds is 9. The number of alkyl halides is 1. The summed E-state index contributed by atoms with van der Waals surface area (Å²) in [5.74, 6) is -0.665. The van der Waals surface area contributed by atoms with E-state index in [1.54, 1.807) is 19.1 Å². The maximum absolute atomic E-state index is 15.0. The zero-order valence-electron chi connectivity index (χ0n) is 27.3. The number of carbonyl (C=O) groups excluding carboxylic acids is 2. The molecule has 4 rings (SSSR count). The molecule has 1 saturated heterocycles. The fraction of sp³-hybridized carbons (Fsp3) is 0.472. The van der Waals surface area contributed by atoms with Crippen molar-refractivity contribution >= 4 is 17.6 Å². The van der Waals surface area contributed by atoms with Crippen LogP contribution < -0.4 is 10.2 Å². The number of piperidine rings is 1. The van der Waals surface area contributed by atoms with E-state index < -0.39 is 23.3 Å². The molecule has 1 aliphatic heterocycles. The fourth-order valence-corrected chi connectivity index (χ4v) is 5.57. The van der Waals surface area contributed by atoms with Crippen molar-refractivity contribution in [3.63, 3.8) is 0 Å². The van der Waals surface area contributed by atoms with E-state index in [1.165, 1.54) is 0 Å². The summed E-state index contributed by atoms with van der Waals surface area (Å²) >= 11 is 0. The third kappa shape index (κ3) is 8.23. The van der Waals surface area contributed by atoms with E-state index in [9.17, 15) is 9.59 Å². The average molecular weight is 604 g/mol. The Balaban J connectivity index is 1.80. The second-order valence-corrected chi connectivity index (χ2v) is 13.2. The summed E-state index contributed by atoms with van der Waals surface area (Å²) < 4.78 is 27.1. The molecular formula is C36H46FN3O4. The van der Waals surface area contributed by atoms with Gasteiger partial charge >= 0.3 is 5.97 Å². The Labute approximate surface area is 261 Å². The standard InChI is InChI=1S/C36H46FN3O4/c1-23(2)43-34(42)32(44-35(5,6)7)30-25(4)39-24(3)29(31(30)40-20-18-36(8,37)19-21-40)27-14-16-28(17-15-27)33(41)38-22-26-12-10-9-11-13-26/h9-17,23,32H,18-22H2,1-8H3,(H,38,41). The monoisotopic (exact) mass is 603 g/mol. The molecular weight excluding hydrogens is 557 g/mol. The van der Waals surface area contributed by atoms with Gasteiger partial charge in [-0.1, -0.05) is 42.5 Å². The highest BCUT2D eigenvalue weighted by molar-refractivity contribution is 5.95. The van der Waals surface area contributed by atoms with Crippen LogP contribution in [-0.4, -0.2) is 47.3 Å². The Morgan fingerprint density at radius 1 is 1.00 bits per heavy atom. The number of amides is 1. The molecule has 7 nitrogen and oxygen atoms in total. The van der Waals surface area contributed by atoms with Crippen molar-refractivity contribution < 1.29 is 23.5 Å². The lowest BCUT2D eigenvalue weighted by Crippen LogP contribution is -2.41. The highest BCUT2D eigenvalue weighted by atomic mass is 19.1. The number of nitrogens with zero attached hydrogens (tertiary/aromatic N) is 2. The van der Waals surface area contributed by atoms with Gasteiger partial charge in [0.1, 0.15) is 5.67 Å². The van der Waals surface area contributed by atoms with Crippen molar-refractivity contribution in [1.29, 1.82) is 0 Å². The van der Waals surface area contributed by atoms with Gasteiger partial charge in [-0.25, -0.2) is 9.18 Å². The number of carbonyl (C=O) groups is 2. The second-order valence-electron chi connectivity index (χ2n) is 13.2. The molecule has 0 aliphatic carbocycles. The Morgan fingerprint density at radius 2 is 1.61 bits per heavy atom. The number of anilines is 1. The van der Waals surface area contributed by atoms with Gasteiger partial charge in [-0.3, -0.25) is 9.78 Å². The van der Waals surface area contributed by atoms with Gasteiger partial charge in [-0.2, -0.15) is 0 Å². The number of halogens is 1. The molecule has 8 heteroatoms. The van der Waals surface area contributed by atoms with E-state index in [4.69, 9.17) is 14.5 Å². The van der Waals surface area contributed by atoms with Gasteiger partial charge in [0.15, 0.2) is 6.10 Å². The molecule has 44 heavy (non-hydrogen) atoms. The Kier molecular flexibility index (Phi) is 10.1. The molecule has 2 heterocycles. The molecule has 1 unspecified atom stereocenters. The lowest BCUT2D eigenvalue weighted by Gasteiger charge is -2.39. The number of pyridine rings is 1. The van der Waals surface area contributed by atoms with Gasteiger partial charge < -0.3 is 19.7 Å². The first-order valence-corrected chi connectivity index (χ1v) is 15.4. The topological polar surface area (TPSA) is 80.8 Å². The van der Waals surface area contributed by atoms with Crippen LogP contribution in [0.4, 0.5) is 10.1 Å². The molecule has 0 radical (unpaired) electrons. The first-order valence-electron chi connectivity index (χ1n) is 15.4. The molecule has 1 aromatic heterocycles. The van der Waals surface area contributed by atoms with Crippen LogP contribution in [0, 0.1) is 13.8 Å². The lowest BCUT2D eigenvalue weighted by atomic mass is 9.90. The van der Waals surface area contributed by atoms with Gasteiger partial charge in [0, 0.05) is 47.7 Å². The predicted octanol–water partition coefficient (Wildman–Crippen LogP) is 7.43. The summed E-state index contributed by atoms with van der Waals surface area (Å²) in [6, 6.07) is 17.2. The minimum Gasteiger partial charge on any atom is -0.461 e. The lowest BCUT2D eigenvalue weighted by molar-refractivity contribution is -0.171. The van der Waals surface area contributed by atoms with Crippen molar-refractivity contribution in [3.05, 3.63) is 82.7 Å². The van der Waals surface area contributed by atoms with E-state index in [2.05, 4.69) is 10.2 Å². The van der Waals surface area contributed by atoms with Crippen molar-refractivity contribution in [1.82, 2.24) is 10.3 Å². The highest BCUT2D eigenvalue weighted by Crippen LogP contribution is 2.44. The minimum atomic E-state index is -1.26. The summed E-state index contributed by atoms with van der Waals surface area (Å²) in [5, 5.41) is 2.97. The van der Waals surface area contributed by atoms with Gasteiger partial charge in [0.05, 0.1) is 17.4 Å². The number of aryl methyl sites for hydroxylation is 2. The molecule has 1 fully saturated rings. The molecule has 0 saturated carbocycles. The van der Waals surface area contributed by atoms with Crippen LogP contribution in [-0.2, 0) is 20.8 Å². The van der Waals surface area contributed by atoms with E-state index in [0.29, 0.717) is 49.3 Å². The van der Waals surface area contributed by atoms with Gasteiger partial charge in [0.25, 0.3) is 5.91 Å². The first-order chi connectivity index (χ1) is 20.6. The molecule has 1 amide bonds. The summed E-state index contributed by atoms with van der Waals surface area (Å²) in [6.45, 7) is 16.1. The number of benzene rings is 2. The molecule has 1 atom stereocenters. The van der Waals surface area contributed by atoms with Crippen LogP contribution in [0.15, 0.2) is 54.6 Å². The zero-order valence-corrected chi connectivity index (χ0v) is 27.3. The molecule has 3 aromatic rings. The number of hydrogen-bond acceptors (Lipinski definition) is 6. The maximum atomic E-state index is 15.0. The van der Waals surface area contributed by atoms with Gasteiger partial charge in [0.2, 0.25) is 0 Å². The Morgan fingerprint density at radius 3 is 2.18 bits per heavy atom. The van der Waals surface area contributed by atoms with E-state index in [0.717, 1.165) is 28.1 Å². The van der Waals surface area contributed by atoms with Gasteiger partial charge in [-0.05, 0) is 91.5 Å². The quantitative estimate of drug-likeness (QED) is 0.256. The number of esters is 1. The second kappa shape index (κ2) is 13.5. The fourth-order valence-electron chi connectivity index (χ4n) is 5.57. The Bertz CT molecular complexity index is 1450. The van der Waals surface area contributed by atoms with Gasteiger partial charge in [-0.15, -0.1) is 0 Å². The summed E-state index contributed by atoms with van der Waals surface area (Å²) in [4.78, 5) is 33.6. The molecule has 236 valence electrons. The molecule has 2 aromatic carbocycles. The van der Waals surface area contributed by atoms with Crippen LogP contribution in [0.5, 0.6) is 0 Å². The van der Waals surface area contributed by atoms with Crippen LogP contribution in [0.25, 0.3) is 11.1 Å². The Hall–Kier alpha value is -3.78. The molecule has 0 bridgehead atoms. The van der Waals surface area contributed by atoms with Crippen LogP contribution in [0.2, 0.25) is 0 Å². The van der Waals surface area contributed by atoms with E-state index in [-0.39, 0.29) is 12.0 Å². The molecule has 0 spiro atoms. The van der Waals surface area contributed by atoms with Crippen LogP contribution >= 0.6 is 0 Å². The van der Waals surface area contributed by atoms with Crippen molar-refractivity contribution in [3.8, 4) is 11.1 Å². The van der Waals surface area contributed by atoms with Crippen molar-refractivity contribution in [2.75, 3.05) is 18.0 Å². The first kappa shape index (κ1) is 33.1. The third-order valence-corrected chi connectivity index (χ3v) is 7.73.